The summed E-state index contributed by atoms with van der Waals surface area (Å²) in [6.45, 7) is 2.32. The van der Waals surface area contributed by atoms with E-state index in [1.807, 2.05) is 18.2 Å². The lowest BCUT2D eigenvalue weighted by Crippen LogP contribution is -2.12. The van der Waals surface area contributed by atoms with Gasteiger partial charge in [-0.25, -0.2) is 38.7 Å². The van der Waals surface area contributed by atoms with Crippen molar-refractivity contribution in [2.24, 2.45) is 0 Å². The smallest absolute Gasteiger partial charge is 0.205 e. The highest BCUT2D eigenvalue weighted by Crippen LogP contribution is 2.37. The zero-order valence-corrected chi connectivity index (χ0v) is 24.8. The Hall–Kier alpha value is -5.83. The molecule has 15 heteroatoms. The Morgan fingerprint density at radius 2 is 1.48 bits per heavy atom. The Morgan fingerprint density at radius 3 is 2.07 bits per heavy atom. The molecule has 4 aromatic heterocycles. The topological polar surface area (TPSA) is 147 Å². The van der Waals surface area contributed by atoms with Gasteiger partial charge in [-0.1, -0.05) is 18.2 Å². The molecule has 0 spiro atoms. The maximum absolute atomic E-state index is 15.1. The lowest BCUT2D eigenvalue weighted by molar-refractivity contribution is 0.147. The molecule has 46 heavy (non-hydrogen) atoms. The van der Waals surface area contributed by atoms with Crippen LogP contribution < -0.4 is 20.1 Å². The summed E-state index contributed by atoms with van der Waals surface area (Å²) < 4.78 is 48.3. The minimum atomic E-state index is -0.744. The fourth-order valence-corrected chi connectivity index (χ4v) is 4.61. The van der Waals surface area contributed by atoms with Gasteiger partial charge >= 0.3 is 0 Å². The Bertz CT molecular complexity index is 1860. The summed E-state index contributed by atoms with van der Waals surface area (Å²) in [5.41, 5.74) is 0.815. The quantitative estimate of drug-likeness (QED) is 0.160. The second-order valence-corrected chi connectivity index (χ2v) is 9.68. The number of benzene rings is 2. The van der Waals surface area contributed by atoms with E-state index >= 15 is 8.78 Å². The van der Waals surface area contributed by atoms with Gasteiger partial charge in [0, 0.05) is 42.6 Å². The predicted molar refractivity (Wildman–Crippen MR) is 165 cm³/mol. The van der Waals surface area contributed by atoms with Crippen molar-refractivity contribution in [1.82, 2.24) is 39.7 Å². The highest BCUT2D eigenvalue weighted by Gasteiger charge is 2.23. The van der Waals surface area contributed by atoms with Crippen LogP contribution in [0.3, 0.4) is 0 Å². The van der Waals surface area contributed by atoms with E-state index in [-0.39, 0.29) is 54.3 Å². The Kier molecular flexibility index (Phi) is 9.10. The maximum Gasteiger partial charge on any atom is 0.205 e. The van der Waals surface area contributed by atoms with Gasteiger partial charge in [0.05, 0.1) is 25.3 Å². The molecule has 6 rings (SSSR count). The van der Waals surface area contributed by atoms with Crippen molar-refractivity contribution in [1.29, 1.82) is 0 Å². The largest absolute Gasteiger partial charge is 0.494 e. The van der Waals surface area contributed by atoms with E-state index in [1.54, 1.807) is 44.6 Å². The van der Waals surface area contributed by atoms with Gasteiger partial charge in [0.1, 0.15) is 54.0 Å². The lowest BCUT2D eigenvalue weighted by Gasteiger charge is -2.17. The van der Waals surface area contributed by atoms with Crippen molar-refractivity contribution in [2.45, 2.75) is 13.5 Å². The molecule has 0 atom stereocenters. The van der Waals surface area contributed by atoms with Crippen LogP contribution >= 0.6 is 0 Å². The van der Waals surface area contributed by atoms with E-state index in [0.717, 1.165) is 12.1 Å². The van der Waals surface area contributed by atoms with Crippen molar-refractivity contribution >= 4 is 34.2 Å². The van der Waals surface area contributed by atoms with Crippen molar-refractivity contribution < 1.29 is 23.0 Å². The number of ether oxygens (including phenoxy) is 3. The van der Waals surface area contributed by atoms with E-state index in [9.17, 15) is 0 Å². The third kappa shape index (κ3) is 6.63. The standard InChI is InChI=1S/C31H28F2N10O3/c1-3-45-19-14-22(32)21(23(33)15-19)16-43-24-7-5-4-6-20(24)27(42-43)29-40-30(38-25-8-10-34-17-36-25)28(46-13-12-44-2)31(41-29)39-26-9-11-35-18-37-26/h4-11,14-15,17-18H,3,12-13,16H2,1-2H3,(H2,34,35,36,37,38,39,40,41). The van der Waals surface area contributed by atoms with E-state index in [1.165, 1.54) is 17.3 Å². The minimum absolute atomic E-state index is 0.112. The summed E-state index contributed by atoms with van der Waals surface area (Å²) in [5.74, 6) is 0.493. The number of fused-ring (bicyclic) bond motifs is 1. The zero-order chi connectivity index (χ0) is 31.9. The Labute approximate surface area is 261 Å². The number of hydrogen-bond acceptors (Lipinski definition) is 12. The van der Waals surface area contributed by atoms with Crippen molar-refractivity contribution in [3.8, 4) is 23.0 Å². The molecular formula is C31H28F2N10O3. The van der Waals surface area contributed by atoms with Crippen LogP contribution in [0.1, 0.15) is 12.5 Å². The third-order valence-electron chi connectivity index (χ3n) is 6.66. The number of para-hydroxylation sites is 1. The van der Waals surface area contributed by atoms with Crippen LogP contribution in [0.15, 0.2) is 73.6 Å². The molecule has 0 fully saturated rings. The van der Waals surface area contributed by atoms with E-state index in [4.69, 9.17) is 29.3 Å². The van der Waals surface area contributed by atoms with Gasteiger partial charge in [0.15, 0.2) is 17.5 Å². The molecule has 2 N–H and O–H groups in total. The Morgan fingerprint density at radius 1 is 0.826 bits per heavy atom. The molecule has 6 aromatic rings. The number of aromatic nitrogens is 8. The second kappa shape index (κ2) is 13.9. The average molecular weight is 627 g/mol. The molecule has 4 heterocycles. The molecule has 0 saturated heterocycles. The summed E-state index contributed by atoms with van der Waals surface area (Å²) in [4.78, 5) is 26.1. The Balaban J connectivity index is 1.49. The fraction of sp³-hybridized carbons (Fsp3) is 0.194. The van der Waals surface area contributed by atoms with Gasteiger partial charge in [-0.15, -0.1) is 0 Å². The average Bonchev–Trinajstić information content (AvgIpc) is 3.43. The monoisotopic (exact) mass is 626 g/mol. The van der Waals surface area contributed by atoms with Crippen LogP contribution in [0.4, 0.5) is 32.1 Å². The number of hydrogen-bond donors (Lipinski definition) is 2. The SMILES string of the molecule is CCOc1cc(F)c(Cn2nc(-c3nc(Nc4ccncn4)c(OCCOC)c(Nc4ccncn4)n3)c3ccccc32)c(F)c1. The third-order valence-corrected chi connectivity index (χ3v) is 6.66. The van der Waals surface area contributed by atoms with Gasteiger partial charge in [-0.05, 0) is 25.1 Å². The van der Waals surface area contributed by atoms with E-state index < -0.39 is 11.6 Å². The normalized spacial score (nSPS) is 11.0. The number of nitrogens with zero attached hydrogens (tertiary/aromatic N) is 8. The zero-order valence-electron chi connectivity index (χ0n) is 24.8. The van der Waals surface area contributed by atoms with Gasteiger partial charge in [-0.3, -0.25) is 4.68 Å². The minimum Gasteiger partial charge on any atom is -0.494 e. The van der Waals surface area contributed by atoms with Crippen molar-refractivity contribution in [2.75, 3.05) is 37.6 Å². The first-order valence-electron chi connectivity index (χ1n) is 14.2. The number of rotatable bonds is 13. The van der Waals surface area contributed by atoms with Crippen LogP contribution in [0, 0.1) is 11.6 Å². The molecule has 234 valence electrons. The second-order valence-electron chi connectivity index (χ2n) is 9.68. The van der Waals surface area contributed by atoms with Crippen LogP contribution in [0.2, 0.25) is 0 Å². The highest BCUT2D eigenvalue weighted by molar-refractivity contribution is 5.92. The molecule has 0 amide bonds. The molecule has 0 bridgehead atoms. The van der Waals surface area contributed by atoms with Gasteiger partial charge in [-0.2, -0.15) is 5.10 Å². The first-order valence-corrected chi connectivity index (χ1v) is 14.2. The molecule has 0 aliphatic rings. The van der Waals surface area contributed by atoms with Crippen LogP contribution in [0.25, 0.3) is 22.4 Å². The summed E-state index contributed by atoms with van der Waals surface area (Å²) in [7, 11) is 1.57. The maximum atomic E-state index is 15.1. The van der Waals surface area contributed by atoms with Crippen LogP contribution in [-0.4, -0.2) is 66.6 Å². The summed E-state index contributed by atoms with van der Waals surface area (Å²) in [6, 6.07) is 12.9. The van der Waals surface area contributed by atoms with E-state index in [0.29, 0.717) is 34.8 Å². The lowest BCUT2D eigenvalue weighted by atomic mass is 10.1. The molecule has 0 unspecified atom stereocenters. The summed E-state index contributed by atoms with van der Waals surface area (Å²) in [5, 5.41) is 11.8. The molecule has 0 saturated carbocycles. The highest BCUT2D eigenvalue weighted by atomic mass is 19.1. The first-order chi connectivity index (χ1) is 22.5. The molecule has 2 aromatic carbocycles. The fourth-order valence-electron chi connectivity index (χ4n) is 4.61. The predicted octanol–water partition coefficient (Wildman–Crippen LogP) is 5.31. The molecule has 0 aliphatic carbocycles. The number of nitrogens with one attached hydrogen (secondary N) is 2. The first kappa shape index (κ1) is 30.2. The van der Waals surface area contributed by atoms with Crippen molar-refractivity contribution in [3.63, 3.8) is 0 Å². The van der Waals surface area contributed by atoms with E-state index in [2.05, 4.69) is 30.6 Å². The molecule has 0 radical (unpaired) electrons. The summed E-state index contributed by atoms with van der Waals surface area (Å²) in [6.07, 6.45) is 5.95. The van der Waals surface area contributed by atoms with Gasteiger partial charge in [0.25, 0.3) is 0 Å². The molecular weight excluding hydrogens is 598 g/mol. The number of halogens is 2. The summed E-state index contributed by atoms with van der Waals surface area (Å²) >= 11 is 0. The molecule has 0 aliphatic heterocycles. The van der Waals surface area contributed by atoms with Crippen molar-refractivity contribution in [3.05, 3.63) is 90.8 Å². The van der Waals surface area contributed by atoms with Crippen LogP contribution in [-0.2, 0) is 11.3 Å². The van der Waals surface area contributed by atoms with Crippen LogP contribution in [0.5, 0.6) is 11.5 Å². The number of anilines is 4. The van der Waals surface area contributed by atoms with Gasteiger partial charge in [0.2, 0.25) is 5.75 Å². The van der Waals surface area contributed by atoms with Gasteiger partial charge < -0.3 is 24.8 Å². The number of methoxy groups -OCH3 is 1. The molecule has 13 nitrogen and oxygen atoms in total.